The molecule has 0 aliphatic carbocycles. The number of carbonyl (C=O) groups is 1. The van der Waals surface area contributed by atoms with Crippen LogP contribution in [0.1, 0.15) is 12.8 Å². The van der Waals surface area contributed by atoms with E-state index in [1.165, 1.54) is 6.42 Å². The summed E-state index contributed by atoms with van der Waals surface area (Å²) >= 11 is 1.89. The highest BCUT2D eigenvalue weighted by Gasteiger charge is 2.33. The average molecular weight is 244 g/mol. The monoisotopic (exact) mass is 244 g/mol. The number of likely N-dealkylation sites (N-methyl/N-ethyl adjacent to an activating group) is 1. The molecule has 5 heteroatoms. The van der Waals surface area contributed by atoms with Gasteiger partial charge in [0.25, 0.3) is 0 Å². The van der Waals surface area contributed by atoms with Crippen molar-refractivity contribution in [2.45, 2.75) is 24.9 Å². The zero-order valence-electron chi connectivity index (χ0n) is 9.76. The Kier molecular flexibility index (Phi) is 4.10. The number of carboxylic acids is 1. The van der Waals surface area contributed by atoms with Crippen molar-refractivity contribution in [3.05, 3.63) is 0 Å². The zero-order valence-corrected chi connectivity index (χ0v) is 10.6. The van der Waals surface area contributed by atoms with Gasteiger partial charge in [0.1, 0.15) is 0 Å². The van der Waals surface area contributed by atoms with E-state index in [0.717, 1.165) is 31.1 Å². The summed E-state index contributed by atoms with van der Waals surface area (Å²) in [7, 11) is 2.14. The number of nitrogens with zero attached hydrogens (tertiary/aromatic N) is 2. The van der Waals surface area contributed by atoms with E-state index in [2.05, 4.69) is 16.8 Å². The molecule has 2 aliphatic heterocycles. The quantitative estimate of drug-likeness (QED) is 0.787. The largest absolute Gasteiger partial charge is 0.481 e. The van der Waals surface area contributed by atoms with Gasteiger partial charge in [-0.05, 0) is 20.0 Å². The molecule has 0 saturated carbocycles. The molecule has 2 atom stereocenters. The fourth-order valence-corrected chi connectivity index (χ4v) is 3.80. The van der Waals surface area contributed by atoms with Crippen LogP contribution in [0.2, 0.25) is 0 Å². The third-order valence-corrected chi connectivity index (χ3v) is 4.61. The molecule has 0 bridgehead atoms. The third kappa shape index (κ3) is 2.90. The summed E-state index contributed by atoms with van der Waals surface area (Å²) in [4.78, 5) is 15.6. The van der Waals surface area contributed by atoms with Crippen LogP contribution in [0.15, 0.2) is 0 Å². The predicted molar refractivity (Wildman–Crippen MR) is 66.0 cm³/mol. The Hall–Kier alpha value is -0.260. The summed E-state index contributed by atoms with van der Waals surface area (Å²) in [5.41, 5.74) is 0. The van der Waals surface area contributed by atoms with Gasteiger partial charge in [0.05, 0.1) is 6.42 Å². The first-order chi connectivity index (χ1) is 7.66. The fraction of sp³-hybridized carbons (Fsp3) is 0.909. The molecule has 16 heavy (non-hydrogen) atoms. The Morgan fingerprint density at radius 3 is 2.94 bits per heavy atom. The van der Waals surface area contributed by atoms with E-state index < -0.39 is 5.97 Å². The summed E-state index contributed by atoms with van der Waals surface area (Å²) in [6.45, 7) is 3.30. The maximum atomic E-state index is 10.8. The fourth-order valence-electron chi connectivity index (χ4n) is 2.71. The highest BCUT2D eigenvalue weighted by Crippen LogP contribution is 2.25. The molecule has 0 radical (unpaired) electrons. The number of thioether (sulfide) groups is 1. The van der Waals surface area contributed by atoms with E-state index in [-0.39, 0.29) is 6.04 Å². The summed E-state index contributed by atoms with van der Waals surface area (Å²) in [5, 5.41) is 8.93. The number of aliphatic carboxylic acids is 1. The van der Waals surface area contributed by atoms with Gasteiger partial charge in [-0.15, -0.1) is 0 Å². The second-order valence-corrected chi connectivity index (χ2v) is 5.92. The summed E-state index contributed by atoms with van der Waals surface area (Å²) in [5.74, 6) is 1.46. The van der Waals surface area contributed by atoms with Gasteiger partial charge in [-0.3, -0.25) is 9.69 Å². The number of hydrogen-bond acceptors (Lipinski definition) is 4. The van der Waals surface area contributed by atoms with Crippen LogP contribution in [0.5, 0.6) is 0 Å². The normalized spacial score (nSPS) is 33.1. The molecule has 0 aromatic heterocycles. The topological polar surface area (TPSA) is 43.8 Å². The van der Waals surface area contributed by atoms with Gasteiger partial charge in [0, 0.05) is 36.7 Å². The number of carboxylic acid groups (broad SMARTS) is 1. The van der Waals surface area contributed by atoms with Crippen molar-refractivity contribution >= 4 is 17.7 Å². The molecule has 2 heterocycles. The van der Waals surface area contributed by atoms with Crippen LogP contribution < -0.4 is 0 Å². The first kappa shape index (κ1) is 12.2. The molecule has 0 aromatic rings. The van der Waals surface area contributed by atoms with E-state index in [1.54, 1.807) is 0 Å². The van der Waals surface area contributed by atoms with Gasteiger partial charge in [-0.25, -0.2) is 0 Å². The molecule has 4 nitrogen and oxygen atoms in total. The van der Waals surface area contributed by atoms with Crippen LogP contribution in [0.3, 0.4) is 0 Å². The van der Waals surface area contributed by atoms with Crippen molar-refractivity contribution in [2.75, 3.05) is 38.2 Å². The molecular weight excluding hydrogens is 224 g/mol. The minimum atomic E-state index is -0.663. The summed E-state index contributed by atoms with van der Waals surface area (Å²) in [6, 6.07) is 0.822. The van der Waals surface area contributed by atoms with Gasteiger partial charge in [0.15, 0.2) is 0 Å². The van der Waals surface area contributed by atoms with Gasteiger partial charge in [0.2, 0.25) is 0 Å². The van der Waals surface area contributed by atoms with Crippen molar-refractivity contribution < 1.29 is 9.90 Å². The van der Waals surface area contributed by atoms with Gasteiger partial charge >= 0.3 is 5.97 Å². The first-order valence-corrected chi connectivity index (χ1v) is 7.06. The molecule has 2 rings (SSSR count). The van der Waals surface area contributed by atoms with Crippen LogP contribution in [0, 0.1) is 0 Å². The minimum absolute atomic E-state index is 0.243. The van der Waals surface area contributed by atoms with E-state index in [1.807, 2.05) is 11.8 Å². The van der Waals surface area contributed by atoms with Crippen LogP contribution >= 0.6 is 11.8 Å². The second-order valence-electron chi connectivity index (χ2n) is 4.77. The van der Waals surface area contributed by atoms with Crippen LogP contribution in [-0.2, 0) is 4.79 Å². The lowest BCUT2D eigenvalue weighted by atomic mass is 10.1. The SMILES string of the molecule is CN1CCC(N2CCSCC2CC(=O)O)C1. The van der Waals surface area contributed by atoms with Gasteiger partial charge < -0.3 is 10.0 Å². The van der Waals surface area contributed by atoms with Crippen molar-refractivity contribution in [1.29, 1.82) is 0 Å². The Morgan fingerprint density at radius 1 is 1.50 bits per heavy atom. The van der Waals surface area contributed by atoms with Crippen LogP contribution in [-0.4, -0.2) is 71.1 Å². The standard InChI is InChI=1S/C11H20N2O2S/c1-12-3-2-9(7-12)13-4-5-16-8-10(13)6-11(14)15/h9-10H,2-8H2,1H3,(H,14,15). The van der Waals surface area contributed by atoms with Crippen molar-refractivity contribution in [2.24, 2.45) is 0 Å². The smallest absolute Gasteiger partial charge is 0.304 e. The highest BCUT2D eigenvalue weighted by molar-refractivity contribution is 7.99. The maximum Gasteiger partial charge on any atom is 0.304 e. The molecule has 2 fully saturated rings. The van der Waals surface area contributed by atoms with E-state index in [4.69, 9.17) is 5.11 Å². The van der Waals surface area contributed by atoms with Gasteiger partial charge in [-0.2, -0.15) is 11.8 Å². The lowest BCUT2D eigenvalue weighted by Crippen LogP contribution is -2.50. The highest BCUT2D eigenvalue weighted by atomic mass is 32.2. The second kappa shape index (κ2) is 5.38. The van der Waals surface area contributed by atoms with Gasteiger partial charge in [-0.1, -0.05) is 0 Å². The van der Waals surface area contributed by atoms with E-state index in [9.17, 15) is 4.79 Å². The van der Waals surface area contributed by atoms with Crippen LogP contribution in [0.25, 0.3) is 0 Å². The Morgan fingerprint density at radius 2 is 2.31 bits per heavy atom. The van der Waals surface area contributed by atoms with Crippen LogP contribution in [0.4, 0.5) is 0 Å². The zero-order chi connectivity index (χ0) is 11.5. The molecule has 92 valence electrons. The molecule has 0 spiro atoms. The molecule has 0 amide bonds. The number of rotatable bonds is 3. The summed E-state index contributed by atoms with van der Waals surface area (Å²) < 4.78 is 0. The minimum Gasteiger partial charge on any atom is -0.481 e. The Balaban J connectivity index is 1.96. The maximum absolute atomic E-state index is 10.8. The molecule has 2 unspecified atom stereocenters. The third-order valence-electron chi connectivity index (χ3n) is 3.52. The lowest BCUT2D eigenvalue weighted by Gasteiger charge is -2.38. The Labute approximate surface area is 101 Å². The Bertz CT molecular complexity index is 262. The molecule has 2 aliphatic rings. The molecule has 0 aromatic carbocycles. The van der Waals surface area contributed by atoms with Crippen molar-refractivity contribution in [1.82, 2.24) is 9.80 Å². The molecule has 2 saturated heterocycles. The number of hydrogen-bond donors (Lipinski definition) is 1. The molecule has 1 N–H and O–H groups in total. The average Bonchev–Trinajstić information content (AvgIpc) is 2.65. The van der Waals surface area contributed by atoms with E-state index in [0.29, 0.717) is 12.5 Å². The lowest BCUT2D eigenvalue weighted by molar-refractivity contribution is -0.138. The molecular formula is C11H20N2O2S. The van der Waals surface area contributed by atoms with Crippen molar-refractivity contribution in [3.8, 4) is 0 Å². The number of likely N-dealkylation sites (tertiary alicyclic amines) is 1. The first-order valence-electron chi connectivity index (χ1n) is 5.90. The van der Waals surface area contributed by atoms with E-state index >= 15 is 0 Å². The summed E-state index contributed by atoms with van der Waals surface area (Å²) in [6.07, 6.45) is 1.49. The predicted octanol–water partition coefficient (Wildman–Crippen LogP) is 0.583. The van der Waals surface area contributed by atoms with Crippen molar-refractivity contribution in [3.63, 3.8) is 0 Å².